The molecule has 0 spiro atoms. The maximum absolute atomic E-state index is 13.9. The molecule has 1 aliphatic heterocycles. The predicted octanol–water partition coefficient (Wildman–Crippen LogP) is 3.48. The van der Waals surface area contributed by atoms with E-state index in [9.17, 15) is 33.4 Å². The lowest BCUT2D eigenvalue weighted by molar-refractivity contribution is -0.132. The van der Waals surface area contributed by atoms with Crippen molar-refractivity contribution in [1.29, 1.82) is 0 Å². The molecule has 3 N–H and O–H groups in total. The summed E-state index contributed by atoms with van der Waals surface area (Å²) >= 11 is 0. The third-order valence-corrected chi connectivity index (χ3v) is 4.92. The highest BCUT2D eigenvalue weighted by molar-refractivity contribution is 8.45. The number of amides is 2. The van der Waals surface area contributed by atoms with Gasteiger partial charge in [0, 0.05) is 5.56 Å². The van der Waals surface area contributed by atoms with E-state index in [2.05, 4.69) is 16.0 Å². The molecule has 12 heteroatoms. The van der Waals surface area contributed by atoms with E-state index in [-0.39, 0.29) is 24.5 Å². The van der Waals surface area contributed by atoms with E-state index in [0.29, 0.717) is 6.07 Å². The van der Waals surface area contributed by atoms with Gasteiger partial charge in [0.1, 0.15) is 10.7 Å². The van der Waals surface area contributed by atoms with Crippen LogP contribution in [0.4, 0.5) is 23.8 Å². The third kappa shape index (κ3) is 4.81. The minimum absolute atomic E-state index is 0.0804. The Bertz CT molecular complexity index is 755. The molecule has 0 saturated carbocycles. The summed E-state index contributed by atoms with van der Waals surface area (Å²) in [5.74, 6) is -2.57. The first-order valence-electron chi connectivity index (χ1n) is 7.46. The molecule has 0 aromatic heterocycles. The number of rotatable bonds is 4. The van der Waals surface area contributed by atoms with Crippen molar-refractivity contribution in [3.05, 3.63) is 29.6 Å². The molecule has 148 valence electrons. The van der Waals surface area contributed by atoms with Crippen LogP contribution >= 0.6 is 10.2 Å². The third-order valence-electron chi connectivity index (χ3n) is 3.78. The summed E-state index contributed by atoms with van der Waals surface area (Å²) in [5.41, 5.74) is -0.391. The molecule has 1 saturated heterocycles. The Kier molecular flexibility index (Phi) is 4.52. The van der Waals surface area contributed by atoms with Crippen LogP contribution in [0.5, 0.6) is 0 Å². The average molecular weight is 405 g/mol. The van der Waals surface area contributed by atoms with Gasteiger partial charge in [0.2, 0.25) is 11.8 Å². The molecule has 1 aromatic carbocycles. The number of nitrogens with one attached hydrogen (secondary N) is 3. The largest absolute Gasteiger partial charge is 0.348 e. The number of hydrogen-bond donors (Lipinski definition) is 3. The Morgan fingerprint density at radius 2 is 1.88 bits per heavy atom. The van der Waals surface area contributed by atoms with E-state index in [1.165, 1.54) is 6.92 Å². The van der Waals surface area contributed by atoms with Crippen LogP contribution < -0.4 is 16.0 Å². The number of halogens is 6. The van der Waals surface area contributed by atoms with Crippen LogP contribution in [0.15, 0.2) is 23.1 Å². The van der Waals surface area contributed by atoms with Gasteiger partial charge < -0.3 is 10.6 Å². The fraction of sp³-hybridized carbons (Fsp3) is 0.429. The van der Waals surface area contributed by atoms with Crippen LogP contribution in [-0.2, 0) is 9.59 Å². The summed E-state index contributed by atoms with van der Waals surface area (Å²) in [6, 6.07) is -1.66. The summed E-state index contributed by atoms with van der Waals surface area (Å²) in [5, 5.41) is 7.64. The standard InChI is InChI=1S/C14H17F6N3O2S/c1-7(21-14(25)12-6-13(24)23-8(2)22-12)10-4-3-9(5-11(10)15)26(16,17,18,19)20/h3-5,7-8,12,22H,6H2,1-2H3,(H,21,25)(H,23,24)/t7-,8?,12?/m1/s1. The summed E-state index contributed by atoms with van der Waals surface area (Å²) in [6.45, 7) is 2.88. The summed E-state index contributed by atoms with van der Waals surface area (Å²) in [7, 11) is -9.99. The van der Waals surface area contributed by atoms with Crippen LogP contribution in [0.3, 0.4) is 0 Å². The molecule has 2 rings (SSSR count). The maximum Gasteiger partial charge on any atom is 0.310 e. The molecule has 2 unspecified atom stereocenters. The van der Waals surface area contributed by atoms with Crippen molar-refractivity contribution in [3.63, 3.8) is 0 Å². The molecule has 1 aromatic rings. The van der Waals surface area contributed by atoms with Crippen molar-refractivity contribution in [2.24, 2.45) is 0 Å². The Labute approximate surface area is 145 Å². The van der Waals surface area contributed by atoms with Crippen molar-refractivity contribution in [3.8, 4) is 0 Å². The number of hydrogen-bond acceptors (Lipinski definition) is 3. The molecule has 26 heavy (non-hydrogen) atoms. The molecule has 1 aliphatic rings. The van der Waals surface area contributed by atoms with Crippen molar-refractivity contribution in [2.75, 3.05) is 0 Å². The monoisotopic (exact) mass is 405 g/mol. The Balaban J connectivity index is 2.16. The van der Waals surface area contributed by atoms with Crippen molar-refractivity contribution in [2.45, 2.75) is 43.4 Å². The van der Waals surface area contributed by atoms with Crippen LogP contribution in [0.2, 0.25) is 0 Å². The average Bonchev–Trinajstić information content (AvgIpc) is 2.43. The van der Waals surface area contributed by atoms with Gasteiger partial charge in [-0.2, -0.15) is 0 Å². The maximum atomic E-state index is 13.9. The second kappa shape index (κ2) is 5.78. The normalized spacial score (nSPS) is 24.8. The molecular weight excluding hydrogens is 388 g/mol. The second-order valence-corrected chi connectivity index (χ2v) is 8.50. The molecule has 3 atom stereocenters. The number of carbonyl (C=O) groups excluding carboxylic acids is 2. The molecule has 5 nitrogen and oxygen atoms in total. The summed E-state index contributed by atoms with van der Waals surface area (Å²) in [6.07, 6.45) is -0.648. The van der Waals surface area contributed by atoms with Crippen LogP contribution in [0.25, 0.3) is 0 Å². The summed E-state index contributed by atoms with van der Waals surface area (Å²) < 4.78 is 77.5. The van der Waals surface area contributed by atoms with Gasteiger partial charge in [0.05, 0.1) is 24.7 Å². The Morgan fingerprint density at radius 3 is 2.38 bits per heavy atom. The van der Waals surface area contributed by atoms with Gasteiger partial charge in [-0.05, 0) is 26.0 Å². The lowest BCUT2D eigenvalue weighted by Crippen LogP contribution is -2.59. The lowest BCUT2D eigenvalue weighted by atomic mass is 10.1. The van der Waals surface area contributed by atoms with Crippen LogP contribution in [-0.4, -0.2) is 24.0 Å². The zero-order valence-electron chi connectivity index (χ0n) is 13.7. The van der Waals surface area contributed by atoms with Crippen LogP contribution in [0, 0.1) is 5.82 Å². The minimum atomic E-state index is -9.99. The Morgan fingerprint density at radius 1 is 1.27 bits per heavy atom. The first-order valence-corrected chi connectivity index (χ1v) is 9.41. The minimum Gasteiger partial charge on any atom is -0.348 e. The molecular formula is C14H17F6N3O2S. The van der Waals surface area contributed by atoms with Gasteiger partial charge >= 0.3 is 10.2 Å². The van der Waals surface area contributed by atoms with Gasteiger partial charge in [-0.3, -0.25) is 14.9 Å². The van der Waals surface area contributed by atoms with E-state index in [4.69, 9.17) is 0 Å². The first kappa shape index (κ1) is 20.4. The predicted molar refractivity (Wildman–Crippen MR) is 83.5 cm³/mol. The highest BCUT2D eigenvalue weighted by atomic mass is 32.5. The molecule has 0 radical (unpaired) electrons. The summed E-state index contributed by atoms with van der Waals surface area (Å²) in [4.78, 5) is 21.2. The van der Waals surface area contributed by atoms with Gasteiger partial charge in [0.25, 0.3) is 0 Å². The number of benzene rings is 1. The van der Waals surface area contributed by atoms with Crippen LogP contribution in [0.1, 0.15) is 31.9 Å². The topological polar surface area (TPSA) is 70.2 Å². The molecule has 2 amide bonds. The molecule has 1 heterocycles. The number of carbonyl (C=O) groups is 2. The fourth-order valence-corrected chi connectivity index (χ4v) is 3.20. The van der Waals surface area contributed by atoms with Crippen molar-refractivity contribution < 1.29 is 33.4 Å². The fourth-order valence-electron chi connectivity index (χ4n) is 2.55. The lowest BCUT2D eigenvalue weighted by Gasteiger charge is -2.40. The van der Waals surface area contributed by atoms with Crippen molar-refractivity contribution >= 4 is 22.0 Å². The molecule has 0 aliphatic carbocycles. The first-order chi connectivity index (χ1) is 11.6. The zero-order valence-corrected chi connectivity index (χ0v) is 14.5. The molecule has 1 fully saturated rings. The van der Waals surface area contributed by atoms with E-state index in [1.54, 1.807) is 6.92 Å². The van der Waals surface area contributed by atoms with E-state index >= 15 is 0 Å². The van der Waals surface area contributed by atoms with Gasteiger partial charge in [-0.25, -0.2) is 4.39 Å². The smallest absolute Gasteiger partial charge is 0.310 e. The van der Waals surface area contributed by atoms with E-state index in [1.807, 2.05) is 0 Å². The van der Waals surface area contributed by atoms with E-state index in [0.717, 1.165) is 0 Å². The van der Waals surface area contributed by atoms with Gasteiger partial charge in [0.15, 0.2) is 0 Å². The zero-order chi connectivity index (χ0) is 20.0. The van der Waals surface area contributed by atoms with Crippen molar-refractivity contribution in [1.82, 2.24) is 16.0 Å². The highest BCUT2D eigenvalue weighted by Crippen LogP contribution is 3.02. The van der Waals surface area contributed by atoms with E-state index < -0.39 is 50.7 Å². The Hall–Kier alpha value is -1.95. The SMILES string of the molecule is CC1NC(=O)CC(C(=O)N[C@H](C)c2ccc(S(F)(F)(F)(F)F)cc2F)N1. The highest BCUT2D eigenvalue weighted by Gasteiger charge is 2.65. The molecule has 0 bridgehead atoms. The van der Waals surface area contributed by atoms with Gasteiger partial charge in [-0.1, -0.05) is 25.5 Å². The van der Waals surface area contributed by atoms with Gasteiger partial charge in [-0.15, -0.1) is 0 Å². The second-order valence-electron chi connectivity index (χ2n) is 6.10. The quantitative estimate of drug-likeness (QED) is 0.672.